The van der Waals surface area contributed by atoms with E-state index in [9.17, 15) is 0 Å². The number of halogens is 1. The summed E-state index contributed by atoms with van der Waals surface area (Å²) in [5, 5.41) is 6.79. The van der Waals surface area contributed by atoms with Gasteiger partial charge in [0.15, 0.2) is 17.5 Å². The minimum Gasteiger partial charge on any atom is -0.493 e. The molecule has 0 spiro atoms. The molecular formula is C23H35IN4O4. The lowest BCUT2D eigenvalue weighted by Gasteiger charge is -2.26. The number of aliphatic imine (C=N–C) groups is 1. The Bertz CT molecular complexity index is 795. The van der Waals surface area contributed by atoms with Crippen LogP contribution in [-0.2, 0) is 11.2 Å². The Morgan fingerprint density at radius 1 is 1.19 bits per heavy atom. The summed E-state index contributed by atoms with van der Waals surface area (Å²) in [6.45, 7) is 8.67. The SMILES string of the molecule is CCOc1cc(NC(=NCCCN2CCOCC2)NCCc2ccco2)ccc1OC.I. The molecule has 9 heteroatoms. The second-order valence-electron chi connectivity index (χ2n) is 7.22. The molecule has 0 amide bonds. The highest BCUT2D eigenvalue weighted by atomic mass is 127. The molecule has 8 nitrogen and oxygen atoms in total. The molecular weight excluding hydrogens is 523 g/mol. The van der Waals surface area contributed by atoms with Crippen molar-refractivity contribution in [3.8, 4) is 11.5 Å². The van der Waals surface area contributed by atoms with Gasteiger partial charge in [-0.1, -0.05) is 0 Å². The molecule has 0 aliphatic carbocycles. The lowest BCUT2D eigenvalue weighted by atomic mass is 10.2. The van der Waals surface area contributed by atoms with E-state index in [4.69, 9.17) is 23.6 Å². The molecule has 1 saturated heterocycles. The monoisotopic (exact) mass is 558 g/mol. The molecule has 1 fully saturated rings. The molecule has 0 radical (unpaired) electrons. The number of furan rings is 1. The number of nitrogens with one attached hydrogen (secondary N) is 2. The van der Waals surface area contributed by atoms with Gasteiger partial charge >= 0.3 is 0 Å². The number of methoxy groups -OCH3 is 1. The van der Waals surface area contributed by atoms with Gasteiger partial charge in [0.2, 0.25) is 0 Å². The van der Waals surface area contributed by atoms with Crippen LogP contribution >= 0.6 is 24.0 Å². The van der Waals surface area contributed by atoms with Gasteiger partial charge in [-0.15, -0.1) is 24.0 Å². The number of hydrogen-bond donors (Lipinski definition) is 2. The number of hydrogen-bond acceptors (Lipinski definition) is 6. The Morgan fingerprint density at radius 3 is 2.75 bits per heavy atom. The zero-order chi connectivity index (χ0) is 21.7. The van der Waals surface area contributed by atoms with Crippen LogP contribution in [0, 0.1) is 0 Å². The summed E-state index contributed by atoms with van der Waals surface area (Å²) < 4.78 is 21.9. The zero-order valence-corrected chi connectivity index (χ0v) is 21.3. The molecule has 0 saturated carbocycles. The Labute approximate surface area is 207 Å². The molecule has 2 heterocycles. The highest BCUT2D eigenvalue weighted by Crippen LogP contribution is 2.30. The van der Waals surface area contributed by atoms with Crippen LogP contribution in [0.3, 0.4) is 0 Å². The van der Waals surface area contributed by atoms with E-state index < -0.39 is 0 Å². The normalized spacial score (nSPS) is 14.5. The third-order valence-electron chi connectivity index (χ3n) is 4.98. The van der Waals surface area contributed by atoms with Crippen molar-refractivity contribution in [2.24, 2.45) is 4.99 Å². The first-order valence-electron chi connectivity index (χ1n) is 11.0. The average molecular weight is 558 g/mol. The lowest BCUT2D eigenvalue weighted by Crippen LogP contribution is -2.37. The van der Waals surface area contributed by atoms with E-state index in [1.54, 1.807) is 13.4 Å². The predicted octanol–water partition coefficient (Wildman–Crippen LogP) is 3.63. The van der Waals surface area contributed by atoms with Crippen LogP contribution in [0.25, 0.3) is 0 Å². The molecule has 1 aliphatic rings. The molecule has 0 atom stereocenters. The Morgan fingerprint density at radius 2 is 2.03 bits per heavy atom. The van der Waals surface area contributed by atoms with Gasteiger partial charge in [0, 0.05) is 50.9 Å². The molecule has 1 aliphatic heterocycles. The van der Waals surface area contributed by atoms with E-state index in [0.29, 0.717) is 18.1 Å². The van der Waals surface area contributed by atoms with E-state index in [1.165, 1.54) is 0 Å². The zero-order valence-electron chi connectivity index (χ0n) is 19.0. The van der Waals surface area contributed by atoms with Crippen LogP contribution in [0.5, 0.6) is 11.5 Å². The summed E-state index contributed by atoms with van der Waals surface area (Å²) in [6.07, 6.45) is 3.48. The lowest BCUT2D eigenvalue weighted by molar-refractivity contribution is 0.0377. The molecule has 178 valence electrons. The molecule has 32 heavy (non-hydrogen) atoms. The van der Waals surface area contributed by atoms with Gasteiger partial charge in [0.05, 0.1) is 33.2 Å². The number of benzene rings is 1. The van der Waals surface area contributed by atoms with Crippen molar-refractivity contribution in [1.29, 1.82) is 0 Å². The maximum absolute atomic E-state index is 5.69. The standard InChI is InChI=1S/C23H34N4O4.HI/c1-3-30-22-18-19(7-8-21(22)28-2)26-23(25-11-9-20-6-4-15-31-20)24-10-5-12-27-13-16-29-17-14-27;/h4,6-8,15,18H,3,5,9-14,16-17H2,1-2H3,(H2,24,25,26);1H. The number of ether oxygens (including phenoxy) is 3. The van der Waals surface area contributed by atoms with Gasteiger partial charge in [0.25, 0.3) is 0 Å². The van der Waals surface area contributed by atoms with Crippen LogP contribution in [0.1, 0.15) is 19.1 Å². The third-order valence-corrected chi connectivity index (χ3v) is 4.98. The van der Waals surface area contributed by atoms with Crippen molar-refractivity contribution in [2.75, 3.05) is 65.0 Å². The molecule has 0 bridgehead atoms. The van der Waals surface area contributed by atoms with Crippen molar-refractivity contribution in [2.45, 2.75) is 19.8 Å². The summed E-state index contributed by atoms with van der Waals surface area (Å²) in [4.78, 5) is 7.20. The number of nitrogens with zero attached hydrogens (tertiary/aromatic N) is 2. The van der Waals surface area contributed by atoms with Crippen LogP contribution in [0.4, 0.5) is 5.69 Å². The maximum Gasteiger partial charge on any atom is 0.195 e. The first-order valence-corrected chi connectivity index (χ1v) is 11.0. The fourth-order valence-electron chi connectivity index (χ4n) is 3.37. The summed E-state index contributed by atoms with van der Waals surface area (Å²) in [5.41, 5.74) is 0.890. The fourth-order valence-corrected chi connectivity index (χ4v) is 3.37. The van der Waals surface area contributed by atoms with Crippen LogP contribution in [0.15, 0.2) is 46.0 Å². The van der Waals surface area contributed by atoms with Gasteiger partial charge in [0.1, 0.15) is 5.76 Å². The minimum absolute atomic E-state index is 0. The van der Waals surface area contributed by atoms with Crippen LogP contribution in [-0.4, -0.2) is 70.5 Å². The van der Waals surface area contributed by atoms with Crippen LogP contribution < -0.4 is 20.1 Å². The second kappa shape index (κ2) is 15.0. The molecule has 2 N–H and O–H groups in total. The fraction of sp³-hybridized carbons (Fsp3) is 0.522. The quantitative estimate of drug-likeness (QED) is 0.189. The molecule has 3 rings (SSSR count). The predicted molar refractivity (Wildman–Crippen MR) is 138 cm³/mol. The number of guanidine groups is 1. The molecule has 0 unspecified atom stereocenters. The van der Waals surface area contributed by atoms with Gasteiger partial charge in [-0.2, -0.15) is 0 Å². The van der Waals surface area contributed by atoms with Crippen molar-refractivity contribution in [3.05, 3.63) is 42.4 Å². The number of rotatable bonds is 11. The van der Waals surface area contributed by atoms with Gasteiger partial charge in [-0.05, 0) is 37.6 Å². The summed E-state index contributed by atoms with van der Waals surface area (Å²) in [6, 6.07) is 9.66. The highest BCUT2D eigenvalue weighted by Gasteiger charge is 2.10. The summed E-state index contributed by atoms with van der Waals surface area (Å²) in [5.74, 6) is 3.10. The van der Waals surface area contributed by atoms with Crippen molar-refractivity contribution >= 4 is 35.6 Å². The first kappa shape index (κ1) is 26.3. The second-order valence-corrected chi connectivity index (χ2v) is 7.22. The molecule has 2 aromatic rings. The van der Waals surface area contributed by atoms with E-state index in [0.717, 1.165) is 76.2 Å². The first-order chi connectivity index (χ1) is 15.3. The number of anilines is 1. The van der Waals surface area contributed by atoms with Gasteiger partial charge in [-0.25, -0.2) is 0 Å². The topological polar surface area (TPSA) is 80.5 Å². The average Bonchev–Trinajstić information content (AvgIpc) is 3.31. The van der Waals surface area contributed by atoms with Crippen molar-refractivity contribution < 1.29 is 18.6 Å². The summed E-state index contributed by atoms with van der Waals surface area (Å²) >= 11 is 0. The van der Waals surface area contributed by atoms with Crippen LogP contribution in [0.2, 0.25) is 0 Å². The van der Waals surface area contributed by atoms with Gasteiger partial charge in [-0.3, -0.25) is 9.89 Å². The minimum atomic E-state index is 0. The Hall–Kier alpha value is -1.98. The largest absolute Gasteiger partial charge is 0.493 e. The molecule has 1 aromatic heterocycles. The van der Waals surface area contributed by atoms with Gasteiger partial charge < -0.3 is 29.3 Å². The Kier molecular flexibility index (Phi) is 12.3. The Balaban J connectivity index is 0.00000363. The third kappa shape index (κ3) is 8.87. The van der Waals surface area contributed by atoms with E-state index in [2.05, 4.69) is 15.5 Å². The highest BCUT2D eigenvalue weighted by molar-refractivity contribution is 14.0. The van der Waals surface area contributed by atoms with E-state index in [-0.39, 0.29) is 24.0 Å². The maximum atomic E-state index is 5.69. The summed E-state index contributed by atoms with van der Waals surface area (Å²) in [7, 11) is 1.64. The smallest absolute Gasteiger partial charge is 0.195 e. The van der Waals surface area contributed by atoms with E-state index in [1.807, 2.05) is 37.3 Å². The van der Waals surface area contributed by atoms with E-state index >= 15 is 0 Å². The van der Waals surface area contributed by atoms with Crippen molar-refractivity contribution in [3.63, 3.8) is 0 Å². The number of morpholine rings is 1. The van der Waals surface area contributed by atoms with Crippen molar-refractivity contribution in [1.82, 2.24) is 10.2 Å². The molecule has 1 aromatic carbocycles.